The molecule has 1 N–H and O–H groups in total. The molecule has 0 amide bonds. The van der Waals surface area contributed by atoms with Gasteiger partial charge in [-0.15, -0.1) is 0 Å². The van der Waals surface area contributed by atoms with Crippen LogP contribution in [0.1, 0.15) is 94.9 Å². The summed E-state index contributed by atoms with van der Waals surface area (Å²) in [4.78, 5) is 23.6. The maximum absolute atomic E-state index is 12.2. The minimum absolute atomic E-state index is 0.0126. The van der Waals surface area contributed by atoms with E-state index in [0.717, 1.165) is 44.9 Å². The lowest BCUT2D eigenvalue weighted by molar-refractivity contribution is -0.146. The molecule has 6 atom stereocenters. The number of carbonyl (C=O) groups is 2. The molecule has 0 heterocycles. The van der Waals surface area contributed by atoms with Gasteiger partial charge in [0.1, 0.15) is 11.9 Å². The van der Waals surface area contributed by atoms with Crippen molar-refractivity contribution in [1.29, 1.82) is 0 Å². The maximum atomic E-state index is 12.2. The molecule has 176 valence electrons. The summed E-state index contributed by atoms with van der Waals surface area (Å²) < 4.78 is 5.50. The fourth-order valence-electron chi connectivity index (χ4n) is 7.16. The molecule has 1 fully saturated rings. The van der Waals surface area contributed by atoms with E-state index in [0.29, 0.717) is 11.8 Å². The third-order valence-electron chi connectivity index (χ3n) is 9.06. The summed E-state index contributed by atoms with van der Waals surface area (Å²) in [6.07, 6.45) is 7.02. The number of rotatable bonds is 6. The van der Waals surface area contributed by atoms with Crippen LogP contribution in [-0.2, 0) is 33.6 Å². The van der Waals surface area contributed by atoms with Crippen LogP contribution in [-0.4, -0.2) is 29.1 Å². The standard InChI is InChI=1S/C28H40O4/c1-16(2)26(30)15-27(31)17(3)24-10-11-25-23-8-6-19-14-20(32-18(4)29)7-9-21(19)22(23)12-13-28(24,25)5/h6,8,16-17,20,24-25,27,31H,7,9-15H2,1-5H3/t17-,20-,24+,25-,27-,28+/m0/s1. The number of aliphatic hydroxyl groups is 1. The molecule has 4 rings (SSSR count). The molecule has 32 heavy (non-hydrogen) atoms. The van der Waals surface area contributed by atoms with E-state index in [9.17, 15) is 14.7 Å². The van der Waals surface area contributed by atoms with Crippen molar-refractivity contribution in [1.82, 2.24) is 0 Å². The number of Topliss-reactive ketones (excluding diaryl/α,β-unsaturated/α-hetero) is 1. The Morgan fingerprint density at radius 1 is 1.12 bits per heavy atom. The van der Waals surface area contributed by atoms with Gasteiger partial charge in [0.15, 0.2) is 0 Å². The molecule has 1 aromatic rings. The normalized spacial score (nSPS) is 30.8. The molecule has 0 radical (unpaired) electrons. The highest BCUT2D eigenvalue weighted by atomic mass is 16.5. The molecule has 1 aromatic carbocycles. The highest BCUT2D eigenvalue weighted by molar-refractivity contribution is 5.80. The summed E-state index contributed by atoms with van der Waals surface area (Å²) in [5.41, 5.74) is 6.11. The fraction of sp³-hybridized carbons (Fsp3) is 0.714. The van der Waals surface area contributed by atoms with Gasteiger partial charge in [0, 0.05) is 25.7 Å². The molecule has 3 aliphatic rings. The molecule has 4 heteroatoms. The predicted octanol–water partition coefficient (Wildman–Crippen LogP) is 5.17. The van der Waals surface area contributed by atoms with Gasteiger partial charge in [0.05, 0.1) is 6.10 Å². The molecule has 0 aliphatic heterocycles. The second kappa shape index (κ2) is 8.93. The number of aliphatic hydroxyl groups excluding tert-OH is 1. The van der Waals surface area contributed by atoms with E-state index in [1.54, 1.807) is 5.56 Å². The van der Waals surface area contributed by atoms with Crippen molar-refractivity contribution in [3.8, 4) is 0 Å². The van der Waals surface area contributed by atoms with Crippen LogP contribution >= 0.6 is 0 Å². The fourth-order valence-corrected chi connectivity index (χ4v) is 7.16. The molecule has 4 nitrogen and oxygen atoms in total. The number of hydrogen-bond acceptors (Lipinski definition) is 4. The molecule has 1 saturated carbocycles. The monoisotopic (exact) mass is 440 g/mol. The molecule has 0 unspecified atom stereocenters. The summed E-state index contributed by atoms with van der Waals surface area (Å²) in [5, 5.41) is 10.9. The zero-order chi connectivity index (χ0) is 23.2. The van der Waals surface area contributed by atoms with Gasteiger partial charge >= 0.3 is 5.97 Å². The Bertz CT molecular complexity index is 888. The van der Waals surface area contributed by atoms with Crippen LogP contribution in [0.25, 0.3) is 0 Å². The highest BCUT2D eigenvalue weighted by Crippen LogP contribution is 2.61. The van der Waals surface area contributed by atoms with Crippen molar-refractivity contribution in [3.05, 3.63) is 34.4 Å². The molecule has 0 bridgehead atoms. The Labute approximate surface area is 193 Å². The van der Waals surface area contributed by atoms with Gasteiger partial charge in [-0.2, -0.15) is 0 Å². The van der Waals surface area contributed by atoms with Crippen LogP contribution in [0.3, 0.4) is 0 Å². The van der Waals surface area contributed by atoms with E-state index < -0.39 is 6.10 Å². The molecule has 0 spiro atoms. The van der Waals surface area contributed by atoms with Gasteiger partial charge in [-0.25, -0.2) is 0 Å². The quantitative estimate of drug-likeness (QED) is 0.620. The third-order valence-corrected chi connectivity index (χ3v) is 9.06. The van der Waals surface area contributed by atoms with Crippen LogP contribution in [0.4, 0.5) is 0 Å². The summed E-state index contributed by atoms with van der Waals surface area (Å²) in [5.74, 6) is 1.07. The topological polar surface area (TPSA) is 63.6 Å². The van der Waals surface area contributed by atoms with Crippen LogP contribution in [0.5, 0.6) is 0 Å². The lowest BCUT2D eigenvalue weighted by Gasteiger charge is -2.46. The second-order valence-corrected chi connectivity index (χ2v) is 11.2. The average Bonchev–Trinajstić information content (AvgIpc) is 3.09. The van der Waals surface area contributed by atoms with E-state index in [4.69, 9.17) is 4.74 Å². The Balaban J connectivity index is 1.54. The number of ether oxygens (including phenoxy) is 1. The Kier molecular flexibility index (Phi) is 6.55. The van der Waals surface area contributed by atoms with Crippen molar-refractivity contribution in [2.75, 3.05) is 0 Å². The summed E-state index contributed by atoms with van der Waals surface area (Å²) in [7, 11) is 0. The maximum Gasteiger partial charge on any atom is 0.302 e. The van der Waals surface area contributed by atoms with Crippen molar-refractivity contribution < 1.29 is 19.4 Å². The number of fused-ring (bicyclic) bond motifs is 5. The van der Waals surface area contributed by atoms with Crippen molar-refractivity contribution in [3.63, 3.8) is 0 Å². The highest BCUT2D eigenvalue weighted by Gasteiger charge is 2.52. The van der Waals surface area contributed by atoms with Crippen LogP contribution in [0.15, 0.2) is 12.1 Å². The molecule has 3 aliphatic carbocycles. The number of esters is 1. The SMILES string of the molecule is CC(=O)O[C@H]1CCc2c(ccc3c2CC[C@]2(C)[C@@H]([C@H](C)[C@@H](O)CC(=O)C(C)C)CC[C@@H]32)C1. The van der Waals surface area contributed by atoms with Crippen LogP contribution in [0, 0.1) is 23.2 Å². The smallest absolute Gasteiger partial charge is 0.302 e. The molecular formula is C28H40O4. The first-order chi connectivity index (χ1) is 15.1. The zero-order valence-electron chi connectivity index (χ0n) is 20.4. The predicted molar refractivity (Wildman–Crippen MR) is 126 cm³/mol. The van der Waals surface area contributed by atoms with E-state index in [1.165, 1.54) is 23.6 Å². The Morgan fingerprint density at radius 3 is 2.56 bits per heavy atom. The van der Waals surface area contributed by atoms with Crippen LogP contribution < -0.4 is 0 Å². The lowest BCUT2D eigenvalue weighted by atomic mass is 9.59. The Hall–Kier alpha value is -1.68. The third kappa shape index (κ3) is 4.16. The Morgan fingerprint density at radius 2 is 1.88 bits per heavy atom. The number of carbonyl (C=O) groups excluding carboxylic acids is 2. The van der Waals surface area contributed by atoms with E-state index in [2.05, 4.69) is 26.0 Å². The first-order valence-electron chi connectivity index (χ1n) is 12.6. The molecular weight excluding hydrogens is 400 g/mol. The van der Waals surface area contributed by atoms with Gasteiger partial charge in [0.25, 0.3) is 0 Å². The van der Waals surface area contributed by atoms with Gasteiger partial charge in [-0.05, 0) is 83.9 Å². The van der Waals surface area contributed by atoms with Gasteiger partial charge in [-0.3, -0.25) is 9.59 Å². The zero-order valence-corrected chi connectivity index (χ0v) is 20.4. The minimum Gasteiger partial charge on any atom is -0.462 e. The average molecular weight is 441 g/mol. The summed E-state index contributed by atoms with van der Waals surface area (Å²) in [6.45, 7) is 9.92. The number of hydrogen-bond donors (Lipinski definition) is 1. The van der Waals surface area contributed by atoms with E-state index >= 15 is 0 Å². The minimum atomic E-state index is -0.548. The lowest BCUT2D eigenvalue weighted by Crippen LogP contribution is -2.40. The van der Waals surface area contributed by atoms with Gasteiger partial charge < -0.3 is 9.84 Å². The van der Waals surface area contributed by atoms with Crippen LogP contribution in [0.2, 0.25) is 0 Å². The summed E-state index contributed by atoms with van der Waals surface area (Å²) >= 11 is 0. The molecule has 0 aromatic heterocycles. The van der Waals surface area contributed by atoms with Crippen molar-refractivity contribution in [2.45, 2.75) is 104 Å². The van der Waals surface area contributed by atoms with E-state index in [1.807, 2.05) is 13.8 Å². The number of benzene rings is 1. The molecule has 0 saturated heterocycles. The largest absolute Gasteiger partial charge is 0.462 e. The first kappa shape index (κ1) is 23.5. The first-order valence-corrected chi connectivity index (χ1v) is 12.6. The van der Waals surface area contributed by atoms with Gasteiger partial charge in [0.2, 0.25) is 0 Å². The van der Waals surface area contributed by atoms with E-state index in [-0.39, 0.29) is 41.5 Å². The van der Waals surface area contributed by atoms with Gasteiger partial charge in [-0.1, -0.05) is 39.8 Å². The van der Waals surface area contributed by atoms with Crippen molar-refractivity contribution in [2.24, 2.45) is 23.2 Å². The van der Waals surface area contributed by atoms with Crippen molar-refractivity contribution >= 4 is 11.8 Å². The summed E-state index contributed by atoms with van der Waals surface area (Å²) in [6, 6.07) is 4.63. The second-order valence-electron chi connectivity index (χ2n) is 11.2. The number of ketones is 1.